The van der Waals surface area contributed by atoms with Crippen LogP contribution in [0.4, 0.5) is 10.6 Å². The third kappa shape index (κ3) is 2.01. The van der Waals surface area contributed by atoms with Crippen molar-refractivity contribution in [1.82, 2.24) is 9.97 Å². The second-order valence-corrected chi connectivity index (χ2v) is 1.88. The molecule has 0 unspecified atom stereocenters. The van der Waals surface area contributed by atoms with Crippen LogP contribution in [0.25, 0.3) is 0 Å². The Hall–Kier alpha value is -1.98. The lowest BCUT2D eigenvalue weighted by molar-refractivity contribution is 0.111. The zero-order chi connectivity index (χ0) is 8.97. The molecular formula is C6H5N3O3. The highest BCUT2D eigenvalue weighted by Gasteiger charge is 1.99. The highest BCUT2D eigenvalue weighted by molar-refractivity contribution is 5.83. The number of aromatic nitrogens is 2. The van der Waals surface area contributed by atoms with Gasteiger partial charge in [0.05, 0.1) is 0 Å². The fourth-order valence-electron chi connectivity index (χ4n) is 0.615. The summed E-state index contributed by atoms with van der Waals surface area (Å²) in [5, 5.41) is 10.3. The minimum absolute atomic E-state index is 0.0830. The molecular weight excluding hydrogens is 162 g/mol. The van der Waals surface area contributed by atoms with Crippen molar-refractivity contribution in [2.75, 3.05) is 5.32 Å². The summed E-state index contributed by atoms with van der Waals surface area (Å²) in [6.45, 7) is 0. The van der Waals surface area contributed by atoms with Crippen LogP contribution in [0.1, 0.15) is 10.5 Å². The van der Waals surface area contributed by atoms with E-state index in [0.717, 1.165) is 6.33 Å². The van der Waals surface area contributed by atoms with Gasteiger partial charge in [0.15, 0.2) is 6.29 Å². The quantitative estimate of drug-likeness (QED) is 0.621. The molecule has 0 fully saturated rings. The summed E-state index contributed by atoms with van der Waals surface area (Å²) in [6, 6.07) is 1.24. The summed E-state index contributed by atoms with van der Waals surface area (Å²) in [5.41, 5.74) is 0.133. The number of nitrogens with zero attached hydrogens (tertiary/aromatic N) is 2. The van der Waals surface area contributed by atoms with E-state index in [4.69, 9.17) is 5.11 Å². The molecule has 1 rings (SSSR count). The molecule has 0 atom stereocenters. The van der Waals surface area contributed by atoms with Gasteiger partial charge in [-0.05, 0) is 0 Å². The lowest BCUT2D eigenvalue weighted by Crippen LogP contribution is -2.09. The highest BCUT2D eigenvalue weighted by Crippen LogP contribution is 2.00. The van der Waals surface area contributed by atoms with Gasteiger partial charge < -0.3 is 5.11 Å². The molecule has 0 aliphatic rings. The molecule has 0 spiro atoms. The fourth-order valence-corrected chi connectivity index (χ4v) is 0.615. The van der Waals surface area contributed by atoms with Gasteiger partial charge in [0, 0.05) is 6.07 Å². The Morgan fingerprint density at radius 3 is 2.92 bits per heavy atom. The van der Waals surface area contributed by atoms with Gasteiger partial charge in [-0.3, -0.25) is 10.1 Å². The Kier molecular flexibility index (Phi) is 2.32. The van der Waals surface area contributed by atoms with Gasteiger partial charge in [-0.2, -0.15) is 0 Å². The number of carbonyl (C=O) groups excluding carboxylic acids is 1. The Labute approximate surface area is 67.3 Å². The molecule has 0 saturated heterocycles. The molecule has 1 heterocycles. The summed E-state index contributed by atoms with van der Waals surface area (Å²) < 4.78 is 0. The minimum Gasteiger partial charge on any atom is -0.465 e. The maximum absolute atomic E-state index is 10.2. The monoisotopic (exact) mass is 167 g/mol. The average Bonchev–Trinajstić information content (AvgIpc) is 2.03. The maximum Gasteiger partial charge on any atom is 0.410 e. The molecule has 6 heteroatoms. The number of carbonyl (C=O) groups is 2. The maximum atomic E-state index is 10.2. The zero-order valence-electron chi connectivity index (χ0n) is 5.89. The lowest BCUT2D eigenvalue weighted by Gasteiger charge is -1.97. The van der Waals surface area contributed by atoms with Crippen LogP contribution < -0.4 is 5.32 Å². The summed E-state index contributed by atoms with van der Waals surface area (Å²) in [5.74, 6) is 0.0830. The van der Waals surface area contributed by atoms with Gasteiger partial charge in [-0.15, -0.1) is 0 Å². The zero-order valence-corrected chi connectivity index (χ0v) is 5.89. The topological polar surface area (TPSA) is 92.2 Å². The number of aldehydes is 1. The first kappa shape index (κ1) is 8.12. The molecule has 1 aromatic rings. The highest BCUT2D eigenvalue weighted by atomic mass is 16.4. The Bertz CT molecular complexity index is 313. The van der Waals surface area contributed by atoms with Crippen LogP contribution in [0.15, 0.2) is 12.4 Å². The lowest BCUT2D eigenvalue weighted by atomic mass is 10.4. The van der Waals surface area contributed by atoms with E-state index in [1.165, 1.54) is 6.07 Å². The smallest absolute Gasteiger partial charge is 0.410 e. The molecule has 0 radical (unpaired) electrons. The van der Waals surface area contributed by atoms with Crippen LogP contribution in [0.2, 0.25) is 0 Å². The van der Waals surface area contributed by atoms with Gasteiger partial charge in [-0.1, -0.05) is 0 Å². The van der Waals surface area contributed by atoms with Crippen molar-refractivity contribution >= 4 is 18.2 Å². The molecule has 0 aromatic carbocycles. The van der Waals surface area contributed by atoms with E-state index in [1.54, 1.807) is 0 Å². The normalized spacial score (nSPS) is 9.00. The number of anilines is 1. The first-order valence-electron chi connectivity index (χ1n) is 2.99. The SMILES string of the molecule is O=Cc1cc(NC(=O)O)ncn1. The van der Waals surface area contributed by atoms with Gasteiger partial charge >= 0.3 is 6.09 Å². The second kappa shape index (κ2) is 3.42. The molecule has 62 valence electrons. The number of amides is 1. The number of carboxylic acid groups (broad SMARTS) is 1. The van der Waals surface area contributed by atoms with Crippen LogP contribution in [0.5, 0.6) is 0 Å². The molecule has 6 nitrogen and oxygen atoms in total. The third-order valence-corrected chi connectivity index (χ3v) is 1.04. The van der Waals surface area contributed by atoms with Gasteiger partial charge in [0.2, 0.25) is 0 Å². The van der Waals surface area contributed by atoms with Crippen LogP contribution in [-0.4, -0.2) is 27.5 Å². The van der Waals surface area contributed by atoms with Crippen molar-refractivity contribution in [2.24, 2.45) is 0 Å². The Morgan fingerprint density at radius 1 is 1.58 bits per heavy atom. The molecule has 0 aliphatic heterocycles. The standard InChI is InChI=1S/C6H5N3O3/c10-2-4-1-5(8-3-7-4)9-6(11)12/h1-3H,(H,11,12)(H,7,8,9). The summed E-state index contributed by atoms with van der Waals surface area (Å²) in [6.07, 6.45) is 0.384. The van der Waals surface area contributed by atoms with Gasteiger partial charge in [0.1, 0.15) is 17.8 Å². The molecule has 0 aliphatic carbocycles. The van der Waals surface area contributed by atoms with E-state index in [9.17, 15) is 9.59 Å². The number of hydrogen-bond acceptors (Lipinski definition) is 4. The minimum atomic E-state index is -1.23. The van der Waals surface area contributed by atoms with Crippen molar-refractivity contribution in [2.45, 2.75) is 0 Å². The second-order valence-electron chi connectivity index (χ2n) is 1.88. The summed E-state index contributed by atoms with van der Waals surface area (Å²) >= 11 is 0. The first-order valence-corrected chi connectivity index (χ1v) is 2.99. The predicted octanol–water partition coefficient (Wildman–Crippen LogP) is 0.379. The predicted molar refractivity (Wildman–Crippen MR) is 39.1 cm³/mol. The third-order valence-electron chi connectivity index (χ3n) is 1.04. The van der Waals surface area contributed by atoms with Crippen LogP contribution in [0, 0.1) is 0 Å². The molecule has 0 saturated carbocycles. The van der Waals surface area contributed by atoms with E-state index < -0.39 is 6.09 Å². The van der Waals surface area contributed by atoms with E-state index in [2.05, 4.69) is 9.97 Å². The van der Waals surface area contributed by atoms with Crippen LogP contribution >= 0.6 is 0 Å². The summed E-state index contributed by atoms with van der Waals surface area (Å²) in [4.78, 5) is 27.4. The molecule has 1 amide bonds. The molecule has 12 heavy (non-hydrogen) atoms. The largest absolute Gasteiger partial charge is 0.465 e. The molecule has 1 aromatic heterocycles. The van der Waals surface area contributed by atoms with E-state index >= 15 is 0 Å². The number of hydrogen-bond donors (Lipinski definition) is 2. The number of rotatable bonds is 2. The van der Waals surface area contributed by atoms with Crippen LogP contribution in [0.3, 0.4) is 0 Å². The Balaban J connectivity index is 2.86. The molecule has 2 N–H and O–H groups in total. The first-order chi connectivity index (χ1) is 5.72. The van der Waals surface area contributed by atoms with Crippen molar-refractivity contribution in [3.63, 3.8) is 0 Å². The molecule has 0 bridgehead atoms. The van der Waals surface area contributed by atoms with E-state index in [0.29, 0.717) is 6.29 Å². The number of nitrogens with one attached hydrogen (secondary N) is 1. The van der Waals surface area contributed by atoms with Gasteiger partial charge in [-0.25, -0.2) is 14.8 Å². The van der Waals surface area contributed by atoms with Crippen molar-refractivity contribution < 1.29 is 14.7 Å². The fraction of sp³-hybridized carbons (Fsp3) is 0. The van der Waals surface area contributed by atoms with E-state index in [-0.39, 0.29) is 11.5 Å². The summed E-state index contributed by atoms with van der Waals surface area (Å²) in [7, 11) is 0. The van der Waals surface area contributed by atoms with E-state index in [1.807, 2.05) is 5.32 Å². The van der Waals surface area contributed by atoms with Crippen LogP contribution in [-0.2, 0) is 0 Å². The van der Waals surface area contributed by atoms with Crippen molar-refractivity contribution in [3.05, 3.63) is 18.1 Å². The average molecular weight is 167 g/mol. The van der Waals surface area contributed by atoms with Crippen molar-refractivity contribution in [1.29, 1.82) is 0 Å². The van der Waals surface area contributed by atoms with Gasteiger partial charge in [0.25, 0.3) is 0 Å². The van der Waals surface area contributed by atoms with Crippen molar-refractivity contribution in [3.8, 4) is 0 Å². The Morgan fingerprint density at radius 2 is 2.33 bits per heavy atom.